The van der Waals surface area contributed by atoms with Crippen LogP contribution in [-0.4, -0.2) is 34.9 Å². The van der Waals surface area contributed by atoms with Crippen molar-refractivity contribution in [3.8, 4) is 0 Å². The lowest BCUT2D eigenvalue weighted by Gasteiger charge is -2.37. The van der Waals surface area contributed by atoms with E-state index in [1.54, 1.807) is 0 Å². The number of ether oxygens (including phenoxy) is 1. The van der Waals surface area contributed by atoms with Gasteiger partial charge in [0.15, 0.2) is 0 Å². The van der Waals surface area contributed by atoms with Crippen LogP contribution in [0.2, 0.25) is 0 Å². The summed E-state index contributed by atoms with van der Waals surface area (Å²) in [4.78, 5) is 13.5. The molecule has 28 heavy (non-hydrogen) atoms. The predicted octanol–water partition coefficient (Wildman–Crippen LogP) is 3.45. The van der Waals surface area contributed by atoms with Crippen LogP contribution >= 0.6 is 0 Å². The largest absolute Gasteiger partial charge is 0.381 e. The van der Waals surface area contributed by atoms with E-state index in [4.69, 9.17) is 4.74 Å². The summed E-state index contributed by atoms with van der Waals surface area (Å²) >= 11 is 0. The van der Waals surface area contributed by atoms with Crippen molar-refractivity contribution in [2.45, 2.75) is 65.3 Å². The molecule has 0 radical (unpaired) electrons. The highest BCUT2D eigenvalue weighted by atomic mass is 16.5. The van der Waals surface area contributed by atoms with Gasteiger partial charge in [-0.05, 0) is 65.0 Å². The van der Waals surface area contributed by atoms with Gasteiger partial charge in [-0.3, -0.25) is 9.48 Å². The zero-order valence-corrected chi connectivity index (χ0v) is 18.1. The molecule has 0 unspecified atom stereocenters. The van der Waals surface area contributed by atoms with Crippen molar-refractivity contribution < 1.29 is 9.53 Å². The lowest BCUT2D eigenvalue weighted by atomic mass is 9.72. The van der Waals surface area contributed by atoms with Crippen LogP contribution in [0.5, 0.6) is 0 Å². The molecule has 1 aliphatic heterocycles. The van der Waals surface area contributed by atoms with E-state index in [1.165, 1.54) is 16.7 Å². The minimum atomic E-state index is -0.512. The van der Waals surface area contributed by atoms with Crippen molar-refractivity contribution in [3.05, 3.63) is 51.8 Å². The van der Waals surface area contributed by atoms with Crippen LogP contribution < -0.4 is 5.32 Å². The Morgan fingerprint density at radius 3 is 2.32 bits per heavy atom. The first-order valence-corrected chi connectivity index (χ1v) is 10.2. The predicted molar refractivity (Wildman–Crippen MR) is 112 cm³/mol. The van der Waals surface area contributed by atoms with Gasteiger partial charge in [-0.1, -0.05) is 29.3 Å². The van der Waals surface area contributed by atoms with Crippen LogP contribution in [0.25, 0.3) is 0 Å². The molecule has 5 heteroatoms. The van der Waals surface area contributed by atoms with Crippen molar-refractivity contribution in [2.24, 2.45) is 7.05 Å². The van der Waals surface area contributed by atoms with Crippen molar-refractivity contribution >= 4 is 5.91 Å². The number of carbonyl (C=O) groups excluding carboxylic acids is 1. The highest BCUT2D eigenvalue weighted by molar-refractivity contribution is 5.88. The Balaban J connectivity index is 1.84. The molecule has 1 aromatic carbocycles. The van der Waals surface area contributed by atoms with Crippen LogP contribution in [0.1, 0.15) is 53.4 Å². The van der Waals surface area contributed by atoms with Crippen LogP contribution in [0.3, 0.4) is 0 Å². The molecule has 1 aromatic heterocycles. The van der Waals surface area contributed by atoms with Crippen LogP contribution in [0.15, 0.2) is 18.2 Å². The smallest absolute Gasteiger partial charge is 0.231 e. The monoisotopic (exact) mass is 383 g/mol. The summed E-state index contributed by atoms with van der Waals surface area (Å²) in [6.07, 6.45) is 2.23. The average Bonchev–Trinajstić information content (AvgIpc) is 2.87. The number of aromatic nitrogens is 2. The summed E-state index contributed by atoms with van der Waals surface area (Å²) in [5.74, 6) is 0.118. The van der Waals surface area contributed by atoms with Crippen LogP contribution in [0.4, 0.5) is 0 Å². The van der Waals surface area contributed by atoms with E-state index in [9.17, 15) is 4.79 Å². The Labute approximate surface area is 168 Å². The molecule has 1 N–H and O–H groups in total. The molecular formula is C23H33N3O2. The number of hydrogen-bond acceptors (Lipinski definition) is 3. The molecule has 0 saturated carbocycles. The molecule has 0 bridgehead atoms. The number of amides is 1. The van der Waals surface area contributed by atoms with Gasteiger partial charge in [0, 0.05) is 32.0 Å². The summed E-state index contributed by atoms with van der Waals surface area (Å²) in [5, 5.41) is 7.81. The normalized spacial score (nSPS) is 17.4. The maximum Gasteiger partial charge on any atom is 0.231 e. The van der Waals surface area contributed by atoms with Crippen LogP contribution in [0, 0.1) is 27.7 Å². The Kier molecular flexibility index (Phi) is 5.94. The maximum atomic E-state index is 13.5. The van der Waals surface area contributed by atoms with Gasteiger partial charge in [-0.25, -0.2) is 0 Å². The molecule has 0 aliphatic carbocycles. The third kappa shape index (κ3) is 4.00. The van der Waals surface area contributed by atoms with E-state index in [0.29, 0.717) is 13.2 Å². The Morgan fingerprint density at radius 1 is 1.18 bits per heavy atom. The van der Waals surface area contributed by atoms with Crippen molar-refractivity contribution in [1.29, 1.82) is 0 Å². The highest BCUT2D eigenvalue weighted by Gasteiger charge is 2.42. The SMILES string of the molecule is Cc1cc(C)cc(C2(C(=O)N[C@@H](C)Cc3c(C)nn(C)c3C)CCOCC2)c1. The summed E-state index contributed by atoms with van der Waals surface area (Å²) in [7, 11) is 1.96. The maximum absolute atomic E-state index is 13.5. The Hall–Kier alpha value is -2.14. The van der Waals surface area contributed by atoms with E-state index >= 15 is 0 Å². The lowest BCUT2D eigenvalue weighted by Crippen LogP contribution is -2.51. The molecule has 1 fully saturated rings. The molecule has 1 amide bonds. The number of benzene rings is 1. The van der Waals surface area contributed by atoms with Gasteiger partial charge in [0.1, 0.15) is 0 Å². The molecular weight excluding hydrogens is 350 g/mol. The number of nitrogens with zero attached hydrogens (tertiary/aromatic N) is 2. The molecule has 0 spiro atoms. The van der Waals surface area contributed by atoms with E-state index in [-0.39, 0.29) is 11.9 Å². The second-order valence-corrected chi connectivity index (χ2v) is 8.42. The summed E-state index contributed by atoms with van der Waals surface area (Å²) < 4.78 is 7.51. The summed E-state index contributed by atoms with van der Waals surface area (Å²) in [6.45, 7) is 11.6. The van der Waals surface area contributed by atoms with Gasteiger partial charge < -0.3 is 10.1 Å². The van der Waals surface area contributed by atoms with E-state index < -0.39 is 5.41 Å². The van der Waals surface area contributed by atoms with Gasteiger partial charge in [-0.15, -0.1) is 0 Å². The van der Waals surface area contributed by atoms with E-state index in [1.807, 2.05) is 18.7 Å². The standard InChI is InChI=1S/C23H33N3O2/c1-15-11-16(2)13-20(12-15)23(7-9-28-10-8-23)22(27)24-17(3)14-21-18(4)25-26(6)19(21)5/h11-13,17H,7-10,14H2,1-6H3,(H,24,27)/t17-/m0/s1. The molecule has 1 aliphatic rings. The fourth-order valence-corrected chi connectivity index (χ4v) is 4.45. The first-order chi connectivity index (χ1) is 13.2. The number of hydrogen-bond donors (Lipinski definition) is 1. The Morgan fingerprint density at radius 2 is 1.79 bits per heavy atom. The lowest BCUT2D eigenvalue weighted by molar-refractivity contribution is -0.131. The van der Waals surface area contributed by atoms with Gasteiger partial charge in [-0.2, -0.15) is 5.10 Å². The average molecular weight is 384 g/mol. The number of carbonyl (C=O) groups is 1. The summed E-state index contributed by atoms with van der Waals surface area (Å²) in [5.41, 5.74) is 6.42. The van der Waals surface area contributed by atoms with Gasteiger partial charge in [0.25, 0.3) is 0 Å². The number of rotatable bonds is 5. The molecule has 3 rings (SSSR count). The van der Waals surface area contributed by atoms with Gasteiger partial charge >= 0.3 is 0 Å². The third-order valence-corrected chi connectivity index (χ3v) is 6.10. The molecule has 1 atom stereocenters. The first-order valence-electron chi connectivity index (χ1n) is 10.2. The van der Waals surface area contributed by atoms with Crippen molar-refractivity contribution in [3.63, 3.8) is 0 Å². The molecule has 152 valence electrons. The first kappa shape index (κ1) is 20.6. The Bertz CT molecular complexity index is 843. The van der Waals surface area contributed by atoms with E-state index in [0.717, 1.165) is 36.2 Å². The second-order valence-electron chi connectivity index (χ2n) is 8.42. The second kappa shape index (κ2) is 8.08. The fraction of sp³-hybridized carbons (Fsp3) is 0.565. The zero-order chi connectivity index (χ0) is 20.5. The van der Waals surface area contributed by atoms with Crippen LogP contribution in [-0.2, 0) is 28.4 Å². The van der Waals surface area contributed by atoms with E-state index in [2.05, 4.69) is 56.3 Å². The van der Waals surface area contributed by atoms with Crippen molar-refractivity contribution in [2.75, 3.05) is 13.2 Å². The van der Waals surface area contributed by atoms with Gasteiger partial charge in [0.05, 0.1) is 11.1 Å². The molecule has 5 nitrogen and oxygen atoms in total. The number of aryl methyl sites for hydroxylation is 4. The minimum Gasteiger partial charge on any atom is -0.381 e. The minimum absolute atomic E-state index is 0.0414. The summed E-state index contributed by atoms with van der Waals surface area (Å²) in [6, 6.07) is 6.53. The molecule has 2 heterocycles. The quantitative estimate of drug-likeness (QED) is 0.860. The van der Waals surface area contributed by atoms with Crippen molar-refractivity contribution in [1.82, 2.24) is 15.1 Å². The number of nitrogens with one attached hydrogen (secondary N) is 1. The molecule has 1 saturated heterocycles. The molecule has 2 aromatic rings. The fourth-order valence-electron chi connectivity index (χ4n) is 4.45. The topological polar surface area (TPSA) is 56.2 Å². The third-order valence-electron chi connectivity index (χ3n) is 6.10. The zero-order valence-electron chi connectivity index (χ0n) is 18.1. The van der Waals surface area contributed by atoms with Gasteiger partial charge in [0.2, 0.25) is 5.91 Å². The highest BCUT2D eigenvalue weighted by Crippen LogP contribution is 2.36.